The smallest absolute Gasteiger partial charge is 0.335 e. The third-order valence-electron chi connectivity index (χ3n) is 1.96. The second kappa shape index (κ2) is 5.07. The lowest BCUT2D eigenvalue weighted by atomic mass is 10.0. The third-order valence-corrected chi connectivity index (χ3v) is 1.96. The van der Waals surface area contributed by atoms with Crippen molar-refractivity contribution in [2.45, 2.75) is 6.92 Å². The Morgan fingerprint density at radius 3 is 1.82 bits per heavy atom. The maximum atomic E-state index is 10.8. The summed E-state index contributed by atoms with van der Waals surface area (Å²) >= 11 is 0. The number of ketones is 1. The number of benzene rings is 1. The molecule has 5 heteroatoms. The average molecular weight is 234 g/mol. The lowest BCUT2D eigenvalue weighted by Crippen LogP contribution is -2.03. The van der Waals surface area contributed by atoms with E-state index in [0.717, 1.165) is 6.07 Å². The van der Waals surface area contributed by atoms with E-state index in [2.05, 4.69) is 0 Å². The van der Waals surface area contributed by atoms with Crippen molar-refractivity contribution in [3.63, 3.8) is 0 Å². The number of hydrogen-bond acceptors (Lipinski definition) is 3. The summed E-state index contributed by atoms with van der Waals surface area (Å²) in [6.45, 7) is 1.34. The van der Waals surface area contributed by atoms with Crippen molar-refractivity contribution in [2.24, 2.45) is 0 Å². The maximum Gasteiger partial charge on any atom is 0.335 e. The maximum absolute atomic E-state index is 10.8. The Morgan fingerprint density at radius 1 is 1.00 bits per heavy atom. The molecule has 1 aromatic carbocycles. The monoisotopic (exact) mass is 234 g/mol. The van der Waals surface area contributed by atoms with Crippen molar-refractivity contribution >= 4 is 23.8 Å². The van der Waals surface area contributed by atoms with Gasteiger partial charge in [0.1, 0.15) is 0 Å². The fraction of sp³-hybridized carbons (Fsp3) is 0.0833. The SMILES string of the molecule is CC(=O)/C=C/c1cc(C(=O)O)cc(C(=O)O)c1. The average Bonchev–Trinajstić information content (AvgIpc) is 2.25. The molecular weight excluding hydrogens is 224 g/mol. The van der Waals surface area contributed by atoms with Gasteiger partial charge in [-0.05, 0) is 36.8 Å². The first-order valence-electron chi connectivity index (χ1n) is 4.70. The van der Waals surface area contributed by atoms with Gasteiger partial charge in [-0.3, -0.25) is 4.79 Å². The molecule has 0 heterocycles. The molecule has 0 spiro atoms. The third kappa shape index (κ3) is 3.57. The Labute approximate surface area is 97.0 Å². The predicted octanol–water partition coefficient (Wildman–Crippen LogP) is 1.69. The first-order valence-corrected chi connectivity index (χ1v) is 4.70. The topological polar surface area (TPSA) is 91.7 Å². The van der Waals surface area contributed by atoms with Crippen LogP contribution in [0.4, 0.5) is 0 Å². The van der Waals surface area contributed by atoms with Crippen molar-refractivity contribution < 1.29 is 24.6 Å². The molecular formula is C12H10O5. The van der Waals surface area contributed by atoms with Crippen molar-refractivity contribution in [3.8, 4) is 0 Å². The molecule has 0 fully saturated rings. The first-order chi connectivity index (χ1) is 7.90. The molecule has 0 radical (unpaired) electrons. The van der Waals surface area contributed by atoms with Gasteiger partial charge in [0.15, 0.2) is 5.78 Å². The molecule has 88 valence electrons. The molecule has 0 aliphatic rings. The van der Waals surface area contributed by atoms with E-state index >= 15 is 0 Å². The van der Waals surface area contributed by atoms with Crippen LogP contribution < -0.4 is 0 Å². The largest absolute Gasteiger partial charge is 0.478 e. The number of carboxylic acids is 2. The van der Waals surface area contributed by atoms with Crippen molar-refractivity contribution in [2.75, 3.05) is 0 Å². The number of allylic oxidation sites excluding steroid dienone is 1. The Balaban J connectivity index is 3.26. The summed E-state index contributed by atoms with van der Waals surface area (Å²) in [5, 5.41) is 17.6. The van der Waals surface area contributed by atoms with E-state index in [9.17, 15) is 14.4 Å². The lowest BCUT2D eigenvalue weighted by molar-refractivity contribution is -0.112. The highest BCUT2D eigenvalue weighted by atomic mass is 16.4. The molecule has 0 saturated carbocycles. The zero-order valence-electron chi connectivity index (χ0n) is 9.01. The minimum atomic E-state index is -1.22. The molecule has 0 unspecified atom stereocenters. The quantitative estimate of drug-likeness (QED) is 0.773. The van der Waals surface area contributed by atoms with Crippen LogP contribution in [0.3, 0.4) is 0 Å². The summed E-state index contributed by atoms with van der Waals surface area (Å²) in [6, 6.07) is 3.66. The van der Waals surface area contributed by atoms with E-state index in [-0.39, 0.29) is 16.9 Å². The van der Waals surface area contributed by atoms with Gasteiger partial charge in [0.2, 0.25) is 0 Å². The molecule has 2 N–H and O–H groups in total. The Bertz CT molecular complexity index is 481. The number of aromatic carboxylic acids is 2. The van der Waals surface area contributed by atoms with Crippen LogP contribution in [0.15, 0.2) is 24.3 Å². The molecule has 1 aromatic rings. The molecule has 0 bridgehead atoms. The number of carbonyl (C=O) groups excluding carboxylic acids is 1. The van der Waals surface area contributed by atoms with Crippen LogP contribution >= 0.6 is 0 Å². The van der Waals surface area contributed by atoms with Gasteiger partial charge < -0.3 is 10.2 Å². The fourth-order valence-corrected chi connectivity index (χ4v) is 1.21. The summed E-state index contributed by atoms with van der Waals surface area (Å²) < 4.78 is 0. The van der Waals surface area contributed by atoms with Crippen molar-refractivity contribution in [1.82, 2.24) is 0 Å². The number of hydrogen-bond donors (Lipinski definition) is 2. The van der Waals surface area contributed by atoms with Gasteiger partial charge in [-0.15, -0.1) is 0 Å². The molecule has 0 aromatic heterocycles. The van der Waals surface area contributed by atoms with Gasteiger partial charge in [0, 0.05) is 0 Å². The van der Waals surface area contributed by atoms with Gasteiger partial charge in [0.05, 0.1) is 11.1 Å². The Hall–Kier alpha value is -2.43. The van der Waals surface area contributed by atoms with E-state index in [1.807, 2.05) is 0 Å². The highest BCUT2D eigenvalue weighted by Gasteiger charge is 2.10. The van der Waals surface area contributed by atoms with Crippen LogP contribution in [0.1, 0.15) is 33.2 Å². The summed E-state index contributed by atoms with van der Waals surface area (Å²) in [7, 11) is 0. The standard InChI is InChI=1S/C12H10O5/c1-7(13)2-3-8-4-9(11(14)15)6-10(5-8)12(16)17/h2-6H,1H3,(H,14,15)(H,16,17)/b3-2+. The van der Waals surface area contributed by atoms with Crippen LogP contribution in [0.2, 0.25) is 0 Å². The zero-order chi connectivity index (χ0) is 13.0. The first kappa shape index (κ1) is 12.6. The molecule has 0 aliphatic carbocycles. The van der Waals surface area contributed by atoms with E-state index in [0.29, 0.717) is 5.56 Å². The summed E-state index contributed by atoms with van der Waals surface area (Å²) in [6.07, 6.45) is 2.62. The van der Waals surface area contributed by atoms with Gasteiger partial charge in [-0.25, -0.2) is 9.59 Å². The number of carbonyl (C=O) groups is 3. The fourth-order valence-electron chi connectivity index (χ4n) is 1.21. The van der Waals surface area contributed by atoms with Crippen LogP contribution in [-0.4, -0.2) is 27.9 Å². The molecule has 0 amide bonds. The minimum absolute atomic E-state index is 0.131. The van der Waals surface area contributed by atoms with E-state index in [1.54, 1.807) is 0 Å². The number of carboxylic acid groups (broad SMARTS) is 2. The Morgan fingerprint density at radius 2 is 1.47 bits per heavy atom. The van der Waals surface area contributed by atoms with E-state index in [4.69, 9.17) is 10.2 Å². The molecule has 0 atom stereocenters. The molecule has 0 saturated heterocycles. The van der Waals surface area contributed by atoms with Crippen LogP contribution in [-0.2, 0) is 4.79 Å². The molecule has 5 nitrogen and oxygen atoms in total. The van der Waals surface area contributed by atoms with E-state index < -0.39 is 11.9 Å². The predicted molar refractivity (Wildman–Crippen MR) is 60.1 cm³/mol. The number of rotatable bonds is 4. The van der Waals surface area contributed by atoms with Crippen LogP contribution in [0, 0.1) is 0 Å². The second-order valence-electron chi connectivity index (χ2n) is 3.40. The van der Waals surface area contributed by atoms with E-state index in [1.165, 1.54) is 31.2 Å². The lowest BCUT2D eigenvalue weighted by Gasteiger charge is -2.01. The summed E-state index contributed by atoms with van der Waals surface area (Å²) in [5.41, 5.74) is 0.0960. The van der Waals surface area contributed by atoms with Crippen molar-refractivity contribution in [1.29, 1.82) is 0 Å². The van der Waals surface area contributed by atoms with Gasteiger partial charge in [-0.2, -0.15) is 0 Å². The summed E-state index contributed by atoms with van der Waals surface area (Å²) in [5.74, 6) is -2.64. The normalized spacial score (nSPS) is 10.4. The zero-order valence-corrected chi connectivity index (χ0v) is 9.01. The van der Waals surface area contributed by atoms with Crippen LogP contribution in [0.5, 0.6) is 0 Å². The van der Waals surface area contributed by atoms with Gasteiger partial charge in [-0.1, -0.05) is 6.08 Å². The molecule has 17 heavy (non-hydrogen) atoms. The van der Waals surface area contributed by atoms with Crippen molar-refractivity contribution in [3.05, 3.63) is 41.0 Å². The van der Waals surface area contributed by atoms with Gasteiger partial charge in [0.25, 0.3) is 0 Å². The minimum Gasteiger partial charge on any atom is -0.478 e. The second-order valence-corrected chi connectivity index (χ2v) is 3.40. The Kier molecular flexibility index (Phi) is 3.77. The van der Waals surface area contributed by atoms with Crippen LogP contribution in [0.25, 0.3) is 6.08 Å². The highest BCUT2D eigenvalue weighted by molar-refractivity contribution is 5.96. The molecule has 0 aliphatic heterocycles. The van der Waals surface area contributed by atoms with Gasteiger partial charge >= 0.3 is 11.9 Å². The molecule has 1 rings (SSSR count). The summed E-state index contributed by atoms with van der Waals surface area (Å²) in [4.78, 5) is 32.3. The highest BCUT2D eigenvalue weighted by Crippen LogP contribution is 2.12.